The summed E-state index contributed by atoms with van der Waals surface area (Å²) in [5.74, 6) is 1.72. The zero-order chi connectivity index (χ0) is 17.6. The van der Waals surface area contributed by atoms with E-state index in [4.69, 9.17) is 16.3 Å². The molecular weight excluding hydrogens is 334 g/mol. The topological polar surface area (TPSA) is 39.1 Å². The molecule has 0 aliphatic rings. The third-order valence-corrected chi connectivity index (χ3v) is 4.46. The monoisotopic (exact) mass is 357 g/mol. The molecule has 1 N–H and O–H groups in total. The number of benzene rings is 2. The predicted molar refractivity (Wildman–Crippen MR) is 104 cm³/mol. The quantitative estimate of drug-likeness (QED) is 0.579. The smallest absolute Gasteiger partial charge is 0.137 e. The van der Waals surface area contributed by atoms with E-state index in [1.807, 2.05) is 41.9 Å². The van der Waals surface area contributed by atoms with E-state index in [-0.39, 0.29) is 0 Å². The molecular formula is C20H24ClN3O. The van der Waals surface area contributed by atoms with Crippen LogP contribution in [0.4, 0.5) is 0 Å². The molecule has 0 atom stereocenters. The summed E-state index contributed by atoms with van der Waals surface area (Å²) in [7, 11) is 0. The Morgan fingerprint density at radius 2 is 2.04 bits per heavy atom. The summed E-state index contributed by atoms with van der Waals surface area (Å²) >= 11 is 6.33. The van der Waals surface area contributed by atoms with Gasteiger partial charge in [0.15, 0.2) is 0 Å². The summed E-state index contributed by atoms with van der Waals surface area (Å²) in [4.78, 5) is 4.56. The number of aryl methyl sites for hydroxylation is 1. The summed E-state index contributed by atoms with van der Waals surface area (Å²) in [5.41, 5.74) is 6.72. The molecule has 0 unspecified atom stereocenters. The number of rotatable bonds is 8. The van der Waals surface area contributed by atoms with Crippen LogP contribution in [0.5, 0.6) is 5.75 Å². The summed E-state index contributed by atoms with van der Waals surface area (Å²) < 4.78 is 7.74. The van der Waals surface area contributed by atoms with Crippen LogP contribution in [-0.4, -0.2) is 22.8 Å². The van der Waals surface area contributed by atoms with Crippen molar-refractivity contribution in [3.8, 4) is 5.75 Å². The maximum atomic E-state index is 6.33. The average molecular weight is 358 g/mol. The molecule has 0 spiro atoms. The number of ether oxygens (including phenoxy) is 1. The van der Waals surface area contributed by atoms with E-state index in [0.29, 0.717) is 11.6 Å². The first-order chi connectivity index (χ1) is 12.2. The van der Waals surface area contributed by atoms with Crippen LogP contribution in [-0.2, 0) is 6.42 Å². The standard InChI is InChI=1S/C20H24ClN3O/c1-3-4-13-25-20-10-9-16(14-17(20)21)11-12-22-24-15(2)23-18-7-5-6-8-19(18)24/h5-10,14,22H,3-4,11-13H2,1-2H3. The van der Waals surface area contributed by atoms with Crippen molar-refractivity contribution in [2.45, 2.75) is 33.1 Å². The fourth-order valence-corrected chi connectivity index (χ4v) is 3.06. The van der Waals surface area contributed by atoms with Gasteiger partial charge in [0.05, 0.1) is 22.7 Å². The van der Waals surface area contributed by atoms with Crippen LogP contribution in [0.2, 0.25) is 5.02 Å². The van der Waals surface area contributed by atoms with Crippen LogP contribution < -0.4 is 10.2 Å². The van der Waals surface area contributed by atoms with Gasteiger partial charge in [-0.15, -0.1) is 0 Å². The molecule has 0 aliphatic heterocycles. The van der Waals surface area contributed by atoms with E-state index in [2.05, 4.69) is 29.5 Å². The molecule has 0 saturated carbocycles. The number of nitrogens with one attached hydrogen (secondary N) is 1. The summed E-state index contributed by atoms with van der Waals surface area (Å²) in [6.45, 7) is 5.66. The van der Waals surface area contributed by atoms with Crippen LogP contribution in [0.25, 0.3) is 11.0 Å². The van der Waals surface area contributed by atoms with Crippen molar-refractivity contribution in [2.75, 3.05) is 18.6 Å². The fraction of sp³-hybridized carbons (Fsp3) is 0.350. The van der Waals surface area contributed by atoms with Gasteiger partial charge in [-0.1, -0.05) is 43.1 Å². The highest BCUT2D eigenvalue weighted by Gasteiger charge is 2.07. The normalized spacial score (nSPS) is 11.0. The SMILES string of the molecule is CCCCOc1ccc(CCNn2c(C)nc3ccccc32)cc1Cl. The Labute approximate surface area is 153 Å². The summed E-state index contributed by atoms with van der Waals surface area (Å²) in [6, 6.07) is 14.2. The van der Waals surface area contributed by atoms with Gasteiger partial charge in [0.2, 0.25) is 0 Å². The minimum absolute atomic E-state index is 0.679. The number of para-hydroxylation sites is 2. The van der Waals surface area contributed by atoms with Crippen molar-refractivity contribution in [3.05, 3.63) is 58.9 Å². The van der Waals surface area contributed by atoms with E-state index in [9.17, 15) is 0 Å². The highest BCUT2D eigenvalue weighted by atomic mass is 35.5. The van der Waals surface area contributed by atoms with Gasteiger partial charge in [0, 0.05) is 6.54 Å². The van der Waals surface area contributed by atoms with E-state index in [0.717, 1.165) is 48.4 Å². The number of imidazole rings is 1. The third-order valence-electron chi connectivity index (χ3n) is 4.16. The van der Waals surface area contributed by atoms with Gasteiger partial charge >= 0.3 is 0 Å². The molecule has 4 nitrogen and oxygen atoms in total. The van der Waals surface area contributed by atoms with Crippen molar-refractivity contribution < 1.29 is 4.74 Å². The van der Waals surface area contributed by atoms with E-state index in [1.165, 1.54) is 5.56 Å². The molecule has 0 aliphatic carbocycles. The van der Waals surface area contributed by atoms with Crippen molar-refractivity contribution in [1.29, 1.82) is 0 Å². The number of fused-ring (bicyclic) bond motifs is 1. The van der Waals surface area contributed by atoms with Gasteiger partial charge in [-0.2, -0.15) is 0 Å². The highest BCUT2D eigenvalue weighted by Crippen LogP contribution is 2.26. The van der Waals surface area contributed by atoms with Gasteiger partial charge in [-0.05, 0) is 49.6 Å². The second kappa shape index (κ2) is 8.26. The number of aromatic nitrogens is 2. The Hall–Kier alpha value is -2.20. The van der Waals surface area contributed by atoms with E-state index < -0.39 is 0 Å². The molecule has 1 heterocycles. The van der Waals surface area contributed by atoms with Gasteiger partial charge < -0.3 is 10.2 Å². The maximum Gasteiger partial charge on any atom is 0.137 e. The van der Waals surface area contributed by atoms with Crippen molar-refractivity contribution in [1.82, 2.24) is 9.66 Å². The lowest BCUT2D eigenvalue weighted by atomic mass is 10.1. The van der Waals surface area contributed by atoms with Gasteiger partial charge in [-0.3, -0.25) is 0 Å². The Morgan fingerprint density at radius 3 is 2.84 bits per heavy atom. The lowest BCUT2D eigenvalue weighted by Crippen LogP contribution is -2.18. The van der Waals surface area contributed by atoms with Gasteiger partial charge in [-0.25, -0.2) is 9.66 Å². The average Bonchev–Trinajstić information content (AvgIpc) is 2.93. The molecule has 0 bridgehead atoms. The Morgan fingerprint density at radius 1 is 1.20 bits per heavy atom. The molecule has 3 rings (SSSR count). The van der Waals surface area contributed by atoms with Crippen LogP contribution in [0.1, 0.15) is 31.2 Å². The number of unbranched alkanes of at least 4 members (excludes halogenated alkanes) is 1. The number of nitrogens with zero attached hydrogens (tertiary/aromatic N) is 2. The highest BCUT2D eigenvalue weighted by molar-refractivity contribution is 6.32. The molecule has 132 valence electrons. The molecule has 0 saturated heterocycles. The zero-order valence-electron chi connectivity index (χ0n) is 14.8. The second-order valence-corrected chi connectivity index (χ2v) is 6.52. The molecule has 5 heteroatoms. The number of hydrogen-bond donors (Lipinski definition) is 1. The molecule has 0 fully saturated rings. The second-order valence-electron chi connectivity index (χ2n) is 6.11. The lowest BCUT2D eigenvalue weighted by Gasteiger charge is -2.12. The van der Waals surface area contributed by atoms with E-state index in [1.54, 1.807) is 0 Å². The Kier molecular flexibility index (Phi) is 5.82. The molecule has 0 amide bonds. The van der Waals surface area contributed by atoms with E-state index >= 15 is 0 Å². The maximum absolute atomic E-state index is 6.33. The minimum Gasteiger partial charge on any atom is -0.492 e. The van der Waals surface area contributed by atoms with Crippen molar-refractivity contribution in [3.63, 3.8) is 0 Å². The summed E-state index contributed by atoms with van der Waals surface area (Å²) in [5, 5.41) is 0.679. The lowest BCUT2D eigenvalue weighted by molar-refractivity contribution is 0.309. The van der Waals surface area contributed by atoms with Crippen molar-refractivity contribution >= 4 is 22.6 Å². The van der Waals surface area contributed by atoms with Crippen LogP contribution in [0.15, 0.2) is 42.5 Å². The summed E-state index contributed by atoms with van der Waals surface area (Å²) in [6.07, 6.45) is 3.03. The largest absolute Gasteiger partial charge is 0.492 e. The van der Waals surface area contributed by atoms with Crippen LogP contribution >= 0.6 is 11.6 Å². The van der Waals surface area contributed by atoms with Crippen LogP contribution in [0.3, 0.4) is 0 Å². The van der Waals surface area contributed by atoms with Gasteiger partial charge in [0.1, 0.15) is 11.6 Å². The minimum atomic E-state index is 0.679. The first-order valence-corrected chi connectivity index (χ1v) is 9.16. The Balaban J connectivity index is 1.60. The number of hydrogen-bond acceptors (Lipinski definition) is 3. The third kappa shape index (κ3) is 4.26. The first-order valence-electron chi connectivity index (χ1n) is 8.78. The zero-order valence-corrected chi connectivity index (χ0v) is 15.5. The first kappa shape index (κ1) is 17.6. The van der Waals surface area contributed by atoms with Crippen LogP contribution in [0, 0.1) is 6.92 Å². The fourth-order valence-electron chi connectivity index (χ4n) is 2.80. The van der Waals surface area contributed by atoms with Gasteiger partial charge in [0.25, 0.3) is 0 Å². The van der Waals surface area contributed by atoms with Crippen molar-refractivity contribution in [2.24, 2.45) is 0 Å². The molecule has 0 radical (unpaired) electrons. The molecule has 1 aromatic heterocycles. The molecule has 25 heavy (non-hydrogen) atoms. The Bertz CT molecular complexity index is 844. The molecule has 3 aromatic rings. The predicted octanol–water partition coefficient (Wildman–Crippen LogP) is 4.96. The number of halogens is 1. The molecule has 2 aromatic carbocycles.